The van der Waals surface area contributed by atoms with Crippen LogP contribution in [0, 0.1) is 5.82 Å². The first-order chi connectivity index (χ1) is 9.08. The van der Waals surface area contributed by atoms with Crippen LogP contribution in [0.3, 0.4) is 0 Å². The molecule has 0 bridgehead atoms. The van der Waals surface area contributed by atoms with E-state index in [9.17, 15) is 9.18 Å². The van der Waals surface area contributed by atoms with Gasteiger partial charge in [0.25, 0.3) is 5.91 Å². The van der Waals surface area contributed by atoms with Crippen molar-refractivity contribution in [3.63, 3.8) is 0 Å². The summed E-state index contributed by atoms with van der Waals surface area (Å²) in [4.78, 5) is 11.3. The molecule has 2 aromatic rings. The Bertz CT molecular complexity index is 613. The molecule has 5 N–H and O–H groups in total. The van der Waals surface area contributed by atoms with Crippen LogP contribution in [0.25, 0.3) is 0 Å². The zero-order valence-corrected chi connectivity index (χ0v) is 10.2. The summed E-state index contributed by atoms with van der Waals surface area (Å²) in [6.45, 7) is 0.261. The van der Waals surface area contributed by atoms with Gasteiger partial charge in [-0.3, -0.25) is 4.79 Å². The fourth-order valence-electron chi connectivity index (χ4n) is 1.75. The smallest absolute Gasteiger partial charge is 0.250 e. The molecule has 0 atom stereocenters. The van der Waals surface area contributed by atoms with E-state index in [2.05, 4.69) is 5.32 Å². The Hall–Kier alpha value is -2.56. The Morgan fingerprint density at radius 2 is 1.95 bits per heavy atom. The fourth-order valence-corrected chi connectivity index (χ4v) is 1.75. The van der Waals surface area contributed by atoms with Gasteiger partial charge >= 0.3 is 0 Å². The molecule has 0 radical (unpaired) electrons. The van der Waals surface area contributed by atoms with Gasteiger partial charge in [0.05, 0.1) is 5.56 Å². The lowest BCUT2D eigenvalue weighted by Gasteiger charge is -2.11. The van der Waals surface area contributed by atoms with Crippen molar-refractivity contribution in [2.24, 2.45) is 5.73 Å². The second-order valence-electron chi connectivity index (χ2n) is 4.11. The zero-order chi connectivity index (χ0) is 13.8. The van der Waals surface area contributed by atoms with Crippen LogP contribution in [-0.4, -0.2) is 5.91 Å². The Morgan fingerprint density at radius 1 is 1.21 bits per heavy atom. The molecule has 0 aliphatic carbocycles. The van der Waals surface area contributed by atoms with Gasteiger partial charge in [-0.05, 0) is 24.3 Å². The topological polar surface area (TPSA) is 81.1 Å². The monoisotopic (exact) mass is 259 g/mol. The van der Waals surface area contributed by atoms with E-state index in [-0.39, 0.29) is 17.9 Å². The average Bonchev–Trinajstić information content (AvgIpc) is 2.38. The van der Waals surface area contributed by atoms with Crippen LogP contribution < -0.4 is 16.8 Å². The molecule has 0 aliphatic rings. The van der Waals surface area contributed by atoms with Crippen LogP contribution in [0.1, 0.15) is 15.9 Å². The number of benzene rings is 2. The number of halogens is 1. The van der Waals surface area contributed by atoms with Crippen LogP contribution in [0.15, 0.2) is 42.5 Å². The molecule has 0 fully saturated rings. The molecule has 0 saturated heterocycles. The molecule has 98 valence electrons. The predicted octanol–water partition coefficient (Wildman–Crippen LogP) is 2.12. The number of anilines is 2. The lowest BCUT2D eigenvalue weighted by molar-refractivity contribution is 0.100. The van der Waals surface area contributed by atoms with Crippen molar-refractivity contribution in [2.45, 2.75) is 6.54 Å². The van der Waals surface area contributed by atoms with Crippen molar-refractivity contribution >= 4 is 17.3 Å². The summed E-state index contributed by atoms with van der Waals surface area (Å²) in [6.07, 6.45) is 0. The molecule has 5 heteroatoms. The van der Waals surface area contributed by atoms with Crippen molar-refractivity contribution in [2.75, 3.05) is 11.1 Å². The Morgan fingerprint density at radius 3 is 2.63 bits per heavy atom. The highest BCUT2D eigenvalue weighted by molar-refractivity contribution is 5.99. The number of nitrogens with two attached hydrogens (primary N) is 2. The first-order valence-corrected chi connectivity index (χ1v) is 5.74. The minimum Gasteiger partial charge on any atom is -0.399 e. The maximum atomic E-state index is 13.5. The maximum absolute atomic E-state index is 13.5. The summed E-state index contributed by atoms with van der Waals surface area (Å²) >= 11 is 0. The van der Waals surface area contributed by atoms with Crippen molar-refractivity contribution in [1.82, 2.24) is 0 Å². The predicted molar refractivity (Wildman–Crippen MR) is 73.1 cm³/mol. The largest absolute Gasteiger partial charge is 0.399 e. The third-order valence-corrected chi connectivity index (χ3v) is 2.74. The van der Waals surface area contributed by atoms with E-state index < -0.39 is 5.91 Å². The summed E-state index contributed by atoms with van der Waals surface area (Å²) < 4.78 is 13.5. The number of nitrogen functional groups attached to an aromatic ring is 1. The van der Waals surface area contributed by atoms with Crippen molar-refractivity contribution in [1.29, 1.82) is 0 Å². The van der Waals surface area contributed by atoms with E-state index in [0.29, 0.717) is 16.9 Å². The number of rotatable bonds is 4. The molecular weight excluding hydrogens is 245 g/mol. The van der Waals surface area contributed by atoms with Crippen LogP contribution in [0.4, 0.5) is 15.8 Å². The van der Waals surface area contributed by atoms with E-state index in [4.69, 9.17) is 11.5 Å². The van der Waals surface area contributed by atoms with Gasteiger partial charge in [-0.1, -0.05) is 18.2 Å². The van der Waals surface area contributed by atoms with Crippen LogP contribution >= 0.6 is 0 Å². The quantitative estimate of drug-likeness (QED) is 0.736. The lowest BCUT2D eigenvalue weighted by atomic mass is 10.1. The number of hydrogen-bond acceptors (Lipinski definition) is 3. The van der Waals surface area contributed by atoms with Gasteiger partial charge in [-0.15, -0.1) is 0 Å². The van der Waals surface area contributed by atoms with Crippen LogP contribution in [-0.2, 0) is 6.54 Å². The van der Waals surface area contributed by atoms with Crippen LogP contribution in [0.2, 0.25) is 0 Å². The first-order valence-electron chi connectivity index (χ1n) is 5.74. The minimum absolute atomic E-state index is 0.261. The Kier molecular flexibility index (Phi) is 3.66. The number of nitrogens with one attached hydrogen (secondary N) is 1. The van der Waals surface area contributed by atoms with E-state index in [1.165, 1.54) is 12.1 Å². The van der Waals surface area contributed by atoms with E-state index in [0.717, 1.165) is 0 Å². The molecule has 0 aliphatic heterocycles. The highest BCUT2D eigenvalue weighted by Crippen LogP contribution is 2.19. The van der Waals surface area contributed by atoms with Gasteiger partial charge in [0.1, 0.15) is 5.82 Å². The maximum Gasteiger partial charge on any atom is 0.250 e. The van der Waals surface area contributed by atoms with Crippen molar-refractivity contribution in [3.05, 3.63) is 59.4 Å². The fraction of sp³-hybridized carbons (Fsp3) is 0.0714. The van der Waals surface area contributed by atoms with E-state index in [1.807, 2.05) is 0 Å². The van der Waals surface area contributed by atoms with Gasteiger partial charge in [0, 0.05) is 23.5 Å². The second kappa shape index (κ2) is 5.39. The summed E-state index contributed by atoms with van der Waals surface area (Å²) in [7, 11) is 0. The molecule has 1 amide bonds. The zero-order valence-electron chi connectivity index (χ0n) is 10.2. The number of carbonyl (C=O) groups is 1. The van der Waals surface area contributed by atoms with Crippen molar-refractivity contribution in [3.8, 4) is 0 Å². The SMILES string of the molecule is NC(=O)c1cc(N)ccc1NCc1ccccc1F. The van der Waals surface area contributed by atoms with E-state index >= 15 is 0 Å². The normalized spacial score (nSPS) is 10.2. The Labute approximate surface area is 110 Å². The molecule has 4 nitrogen and oxygen atoms in total. The van der Waals surface area contributed by atoms with Gasteiger partial charge in [0.15, 0.2) is 0 Å². The number of carbonyl (C=O) groups excluding carboxylic acids is 1. The number of amides is 1. The third-order valence-electron chi connectivity index (χ3n) is 2.74. The van der Waals surface area contributed by atoms with Gasteiger partial charge in [-0.25, -0.2) is 4.39 Å². The number of primary amides is 1. The second-order valence-corrected chi connectivity index (χ2v) is 4.11. The summed E-state index contributed by atoms with van der Waals surface area (Å²) in [5.74, 6) is -0.880. The highest BCUT2D eigenvalue weighted by Gasteiger charge is 2.09. The standard InChI is InChI=1S/C14H14FN3O/c15-12-4-2-1-3-9(12)8-18-13-6-5-10(16)7-11(13)14(17)19/h1-7,18H,8,16H2,(H2,17,19). The average molecular weight is 259 g/mol. The molecule has 0 aromatic heterocycles. The van der Waals surface area contributed by atoms with Gasteiger partial charge in [-0.2, -0.15) is 0 Å². The molecule has 19 heavy (non-hydrogen) atoms. The Balaban J connectivity index is 2.20. The van der Waals surface area contributed by atoms with E-state index in [1.54, 1.807) is 30.3 Å². The minimum atomic E-state index is -0.580. The summed E-state index contributed by atoms with van der Waals surface area (Å²) in [6, 6.07) is 11.2. The lowest BCUT2D eigenvalue weighted by Crippen LogP contribution is -2.15. The molecule has 0 saturated carbocycles. The molecule has 0 heterocycles. The van der Waals surface area contributed by atoms with Crippen molar-refractivity contribution < 1.29 is 9.18 Å². The summed E-state index contributed by atoms with van der Waals surface area (Å²) in [5.41, 5.74) is 12.7. The van der Waals surface area contributed by atoms with Gasteiger partial charge < -0.3 is 16.8 Å². The molecule has 2 rings (SSSR count). The van der Waals surface area contributed by atoms with Gasteiger partial charge in [0.2, 0.25) is 0 Å². The first kappa shape index (κ1) is 12.9. The molecule has 0 unspecified atom stereocenters. The molecule has 0 spiro atoms. The van der Waals surface area contributed by atoms with Crippen LogP contribution in [0.5, 0.6) is 0 Å². The molecular formula is C14H14FN3O. The highest BCUT2D eigenvalue weighted by atomic mass is 19.1. The number of hydrogen-bond donors (Lipinski definition) is 3. The molecule has 2 aromatic carbocycles. The summed E-state index contributed by atoms with van der Waals surface area (Å²) in [5, 5.41) is 2.98. The third kappa shape index (κ3) is 3.01.